The second-order valence-electron chi connectivity index (χ2n) is 7.45. The molecule has 8 heteroatoms. The van der Waals surface area contributed by atoms with Crippen LogP contribution in [0.3, 0.4) is 0 Å². The van der Waals surface area contributed by atoms with E-state index >= 15 is 0 Å². The number of carbonyl (C=O) groups excluding carboxylic acids is 2. The van der Waals surface area contributed by atoms with Crippen molar-refractivity contribution in [3.63, 3.8) is 0 Å². The van der Waals surface area contributed by atoms with E-state index in [-0.39, 0.29) is 5.91 Å². The number of hydrogen-bond acceptors (Lipinski definition) is 7. The fraction of sp³-hybridized carbons (Fsp3) is 0.391. The number of piperidine rings is 1. The number of likely N-dealkylation sites (N-methyl/N-ethyl adjacent to an activating group) is 1. The Kier molecular flexibility index (Phi) is 9.05. The van der Waals surface area contributed by atoms with Crippen LogP contribution in [-0.2, 0) is 16.0 Å². The first-order valence-corrected chi connectivity index (χ1v) is 11.4. The first-order chi connectivity index (χ1) is 15.2. The molecule has 2 heterocycles. The first kappa shape index (κ1) is 23.0. The Hall–Kier alpha value is -2.71. The van der Waals surface area contributed by atoms with Crippen LogP contribution in [0, 0.1) is 5.92 Å². The molecule has 7 nitrogen and oxygen atoms in total. The molecule has 1 saturated heterocycles. The van der Waals surface area contributed by atoms with Crippen molar-refractivity contribution >= 4 is 35.3 Å². The number of benzene rings is 1. The van der Waals surface area contributed by atoms with Gasteiger partial charge >= 0.3 is 0 Å². The van der Waals surface area contributed by atoms with Crippen molar-refractivity contribution in [3.05, 3.63) is 58.8 Å². The quantitative estimate of drug-likeness (QED) is 0.334. The van der Waals surface area contributed by atoms with E-state index < -0.39 is 0 Å². The number of rotatable bonds is 10. The summed E-state index contributed by atoms with van der Waals surface area (Å²) in [6, 6.07) is 12.3. The van der Waals surface area contributed by atoms with Gasteiger partial charge in [0.2, 0.25) is 5.95 Å². The van der Waals surface area contributed by atoms with Gasteiger partial charge in [0.25, 0.3) is 5.91 Å². The van der Waals surface area contributed by atoms with Gasteiger partial charge in [-0.25, -0.2) is 9.97 Å². The fourth-order valence-electron chi connectivity index (χ4n) is 3.58. The van der Waals surface area contributed by atoms with Crippen molar-refractivity contribution in [2.24, 2.45) is 5.92 Å². The predicted molar refractivity (Wildman–Crippen MR) is 126 cm³/mol. The third-order valence-electron chi connectivity index (χ3n) is 5.33. The molecule has 2 N–H and O–H groups in total. The molecule has 0 aliphatic carbocycles. The Balaban J connectivity index is 1.48. The summed E-state index contributed by atoms with van der Waals surface area (Å²) in [6.07, 6.45) is 6.54. The van der Waals surface area contributed by atoms with Gasteiger partial charge < -0.3 is 15.5 Å². The predicted octanol–water partition coefficient (Wildman–Crippen LogP) is 2.54. The molecule has 1 aliphatic rings. The molecule has 1 aromatic heterocycles. The molecule has 1 fully saturated rings. The summed E-state index contributed by atoms with van der Waals surface area (Å²) in [5.41, 5.74) is 2.62. The first-order valence-electron chi connectivity index (χ1n) is 10.6. The lowest BCUT2D eigenvalue weighted by Gasteiger charge is -2.32. The molecule has 0 unspecified atom stereocenters. The maximum absolute atomic E-state index is 11.9. The molecular formula is C23H29N5O2S. The minimum atomic E-state index is -0.308. The zero-order chi connectivity index (χ0) is 21.9. The van der Waals surface area contributed by atoms with E-state index in [4.69, 9.17) is 0 Å². The summed E-state index contributed by atoms with van der Waals surface area (Å²) < 4.78 is 0. The number of nitrogens with one attached hydrogen (secondary N) is 2. The summed E-state index contributed by atoms with van der Waals surface area (Å²) in [7, 11) is 1.54. The number of thioether (sulfide) groups is 1. The molecule has 3 rings (SSSR count). The second-order valence-corrected chi connectivity index (χ2v) is 8.32. The zero-order valence-corrected chi connectivity index (χ0v) is 18.6. The Morgan fingerprint density at radius 1 is 1.23 bits per heavy atom. The monoisotopic (exact) mass is 439 g/mol. The largest absolute Gasteiger partial charge is 0.355 e. The second kappa shape index (κ2) is 12.2. The lowest BCUT2D eigenvalue weighted by molar-refractivity contribution is -0.116. The van der Waals surface area contributed by atoms with E-state index in [1.807, 2.05) is 6.07 Å². The molecule has 0 radical (unpaired) electrons. The number of nitrogens with zero attached hydrogens (tertiary/aromatic N) is 3. The van der Waals surface area contributed by atoms with Crippen LogP contribution in [0.5, 0.6) is 0 Å². The van der Waals surface area contributed by atoms with Crippen molar-refractivity contribution in [2.45, 2.75) is 19.3 Å². The van der Waals surface area contributed by atoms with Gasteiger partial charge in [-0.1, -0.05) is 30.3 Å². The molecule has 0 saturated carbocycles. The van der Waals surface area contributed by atoms with Gasteiger partial charge in [0.15, 0.2) is 5.62 Å². The summed E-state index contributed by atoms with van der Waals surface area (Å²) in [5.74, 6) is 1.01. The topological polar surface area (TPSA) is 87.2 Å². The molecule has 1 amide bonds. The highest BCUT2D eigenvalue weighted by molar-refractivity contribution is 8.16. The van der Waals surface area contributed by atoms with Crippen LogP contribution in [0.15, 0.2) is 47.5 Å². The smallest absolute Gasteiger partial charge is 0.257 e. The van der Waals surface area contributed by atoms with E-state index in [9.17, 15) is 9.59 Å². The van der Waals surface area contributed by atoms with Crippen LogP contribution >= 0.6 is 11.8 Å². The summed E-state index contributed by atoms with van der Waals surface area (Å²) >= 11 is 0.841. The highest BCUT2D eigenvalue weighted by Gasteiger charge is 2.21. The van der Waals surface area contributed by atoms with E-state index in [2.05, 4.69) is 49.8 Å². The van der Waals surface area contributed by atoms with Crippen LogP contribution in [0.4, 0.5) is 5.95 Å². The maximum Gasteiger partial charge on any atom is 0.257 e. The average molecular weight is 440 g/mol. The number of anilines is 1. The number of amides is 1. The van der Waals surface area contributed by atoms with Gasteiger partial charge in [-0.05, 0) is 67.7 Å². The highest BCUT2D eigenvalue weighted by Crippen LogP contribution is 2.22. The van der Waals surface area contributed by atoms with Crippen LogP contribution in [0.25, 0.3) is 6.08 Å². The number of aromatic nitrogens is 2. The minimum absolute atomic E-state index is 0.308. The van der Waals surface area contributed by atoms with Crippen LogP contribution in [-0.4, -0.2) is 54.7 Å². The highest BCUT2D eigenvalue weighted by atomic mass is 32.2. The third kappa shape index (κ3) is 7.18. The van der Waals surface area contributed by atoms with Gasteiger partial charge in [-0.2, -0.15) is 0 Å². The Morgan fingerprint density at radius 3 is 2.71 bits per heavy atom. The normalized spacial score (nSPS) is 15.0. The van der Waals surface area contributed by atoms with Crippen molar-refractivity contribution < 1.29 is 9.59 Å². The number of carbonyl (C=O) groups is 2. The third-order valence-corrected chi connectivity index (χ3v) is 5.99. The molecule has 0 atom stereocenters. The lowest BCUT2D eigenvalue weighted by Crippen LogP contribution is -2.38. The molecule has 1 aromatic carbocycles. The summed E-state index contributed by atoms with van der Waals surface area (Å²) in [6.45, 7) is 3.84. The van der Waals surface area contributed by atoms with Gasteiger partial charge in [0, 0.05) is 26.3 Å². The van der Waals surface area contributed by atoms with E-state index in [1.165, 1.54) is 12.6 Å². The molecule has 164 valence electrons. The standard InChI is InChI=1S/C23H29N5O2S/c1-24-22(30)21(31-17-29)15-20-8-12-26-23(27-20)28-13-9-19(10-14-28)16-25-11-7-18-5-3-2-4-6-18/h2-6,8,12,15,17,19,25H,7,9-11,13-14,16H2,1H3,(H,24,30)/b21-15-. The van der Waals surface area contributed by atoms with E-state index in [0.29, 0.717) is 28.1 Å². The minimum Gasteiger partial charge on any atom is -0.355 e. The van der Waals surface area contributed by atoms with Crippen LogP contribution in [0.2, 0.25) is 0 Å². The fourth-order valence-corrected chi connectivity index (χ4v) is 4.08. The zero-order valence-electron chi connectivity index (χ0n) is 17.8. The molecule has 1 aliphatic heterocycles. The SMILES string of the molecule is CNC(=O)/C(=C/c1ccnc(N2CCC(CNCCc3ccccc3)CC2)n1)SC=O. The number of hydrogen-bond donors (Lipinski definition) is 2. The Bertz CT molecular complexity index is 883. The lowest BCUT2D eigenvalue weighted by atomic mass is 9.97. The van der Waals surface area contributed by atoms with Crippen molar-refractivity contribution in [2.75, 3.05) is 38.1 Å². The van der Waals surface area contributed by atoms with Gasteiger partial charge in [-0.3, -0.25) is 9.59 Å². The molecule has 2 aromatic rings. The molecular weight excluding hydrogens is 410 g/mol. The van der Waals surface area contributed by atoms with Crippen molar-refractivity contribution in [3.8, 4) is 0 Å². The molecule has 0 bridgehead atoms. The Morgan fingerprint density at radius 2 is 2.00 bits per heavy atom. The molecule has 31 heavy (non-hydrogen) atoms. The molecule has 0 spiro atoms. The van der Waals surface area contributed by atoms with Crippen LogP contribution < -0.4 is 15.5 Å². The van der Waals surface area contributed by atoms with E-state index in [1.54, 1.807) is 18.3 Å². The van der Waals surface area contributed by atoms with E-state index in [0.717, 1.165) is 57.2 Å². The summed E-state index contributed by atoms with van der Waals surface area (Å²) in [4.78, 5) is 34.2. The Labute approximate surface area is 187 Å². The van der Waals surface area contributed by atoms with Crippen molar-refractivity contribution in [1.29, 1.82) is 0 Å². The van der Waals surface area contributed by atoms with Crippen molar-refractivity contribution in [1.82, 2.24) is 20.6 Å². The van der Waals surface area contributed by atoms with Crippen LogP contribution in [0.1, 0.15) is 24.1 Å². The van der Waals surface area contributed by atoms with Gasteiger partial charge in [-0.15, -0.1) is 0 Å². The van der Waals surface area contributed by atoms with Gasteiger partial charge in [0.1, 0.15) is 0 Å². The van der Waals surface area contributed by atoms with Gasteiger partial charge in [0.05, 0.1) is 10.6 Å². The maximum atomic E-state index is 11.9. The summed E-state index contributed by atoms with van der Waals surface area (Å²) in [5, 5.41) is 6.13. The average Bonchev–Trinajstić information content (AvgIpc) is 2.82.